The highest BCUT2D eigenvalue weighted by molar-refractivity contribution is 7.26. The molecule has 121 heavy (non-hydrogen) atoms. The van der Waals surface area contributed by atoms with E-state index < -0.39 is 16.1 Å². The molecule has 570 valence electrons. The summed E-state index contributed by atoms with van der Waals surface area (Å²) in [6, 6.07) is 165. The van der Waals surface area contributed by atoms with E-state index in [-0.39, 0.29) is 0 Å². The zero-order valence-corrected chi connectivity index (χ0v) is 69.3. The van der Waals surface area contributed by atoms with E-state index in [1.165, 1.54) is 144 Å². The average Bonchev–Trinajstić information content (AvgIpc) is 1.05. The van der Waals surface area contributed by atoms with Crippen LogP contribution in [0.1, 0.15) is 16.7 Å². The molecule has 2 aliphatic heterocycles. The molecule has 0 N–H and O–H groups in total. The van der Waals surface area contributed by atoms with Gasteiger partial charge in [-0.1, -0.05) is 340 Å². The highest BCUT2D eigenvalue weighted by Gasteiger charge is 2.50. The predicted molar refractivity (Wildman–Crippen MR) is 516 cm³/mol. The third-order valence-corrected chi connectivity index (χ3v) is 36.1. The number of aryl methyl sites for hydroxylation is 1. The molecule has 21 aromatic rings. The van der Waals surface area contributed by atoms with Crippen LogP contribution in [-0.2, 0) is 6.42 Å². The van der Waals surface area contributed by atoms with Crippen LogP contribution < -0.4 is 60.8 Å². The molecule has 20 aromatic carbocycles. The SMILES string of the molecule is Cc1ccc2c(c1)Oc1cc(Cc3ccc4c(-c5ccc(N(c6ccc7cc([Si]8(c9ccccc9)c9ccccc9Oc9ccccc98)ccc7c6)c6ccc7c(c6)sc6ccccc67)cc5)cccc4c3)ccc1[Si]2(c1ccccc1)c1ccc2cc(N(c3ccc(-c4ccccc4)cc3)c3ccc(-c4cccc5ccccc45)cc3)ccc2c1. The van der Waals surface area contributed by atoms with E-state index in [2.05, 4.69) is 460 Å². The van der Waals surface area contributed by atoms with Gasteiger partial charge in [0.2, 0.25) is 0 Å². The quantitative estimate of drug-likeness (QED) is 0.0955. The third-order valence-electron chi connectivity index (χ3n) is 25.3. The Balaban J connectivity index is 0.570. The van der Waals surface area contributed by atoms with Crippen molar-refractivity contribution in [1.29, 1.82) is 0 Å². The Morgan fingerprint density at radius 2 is 0.636 bits per heavy atom. The zero-order valence-electron chi connectivity index (χ0n) is 66.5. The number of thiophene rings is 1. The Morgan fingerprint density at radius 1 is 0.231 bits per heavy atom. The lowest BCUT2D eigenvalue weighted by Gasteiger charge is -2.40. The zero-order chi connectivity index (χ0) is 80.1. The smallest absolute Gasteiger partial charge is 0.188 e. The second-order valence-corrected chi connectivity index (χ2v) is 40.8. The Kier molecular flexibility index (Phi) is 17.4. The van der Waals surface area contributed by atoms with E-state index in [1.807, 2.05) is 11.3 Å². The summed E-state index contributed by atoms with van der Waals surface area (Å²) in [4.78, 5) is 4.83. The fourth-order valence-corrected chi connectivity index (χ4v) is 30.7. The summed E-state index contributed by atoms with van der Waals surface area (Å²) >= 11 is 1.86. The molecule has 3 heterocycles. The number of rotatable bonds is 15. The van der Waals surface area contributed by atoms with Crippen molar-refractivity contribution in [2.24, 2.45) is 0 Å². The lowest BCUT2D eigenvalue weighted by Crippen LogP contribution is -2.76. The van der Waals surface area contributed by atoms with Gasteiger partial charge in [0.05, 0.1) is 0 Å². The van der Waals surface area contributed by atoms with Gasteiger partial charge >= 0.3 is 0 Å². The van der Waals surface area contributed by atoms with E-state index in [9.17, 15) is 0 Å². The summed E-state index contributed by atoms with van der Waals surface area (Å²) in [5.74, 6) is 3.71. The van der Waals surface area contributed by atoms with E-state index in [4.69, 9.17) is 9.47 Å². The molecule has 1 unspecified atom stereocenters. The molecule has 0 radical (unpaired) electrons. The average molecular weight is 1600 g/mol. The summed E-state index contributed by atoms with van der Waals surface area (Å²) < 4.78 is 16.5. The second-order valence-electron chi connectivity index (χ2n) is 32.3. The Bertz CT molecular complexity index is 7590. The van der Waals surface area contributed by atoms with Crippen LogP contribution in [0.25, 0.3) is 96.6 Å². The van der Waals surface area contributed by atoms with Crippen LogP contribution in [0.15, 0.2) is 443 Å². The lowest BCUT2D eigenvalue weighted by molar-refractivity contribution is 0.486. The summed E-state index contributed by atoms with van der Waals surface area (Å²) in [5.41, 5.74) is 17.3. The van der Waals surface area contributed by atoms with Crippen molar-refractivity contribution in [2.45, 2.75) is 13.3 Å². The molecule has 7 heteroatoms. The molecule has 4 nitrogen and oxygen atoms in total. The number of para-hydroxylation sites is 2. The largest absolute Gasteiger partial charge is 0.458 e. The Morgan fingerprint density at radius 3 is 1.26 bits per heavy atom. The van der Waals surface area contributed by atoms with Crippen LogP contribution in [0, 0.1) is 6.92 Å². The first-order valence-corrected chi connectivity index (χ1v) is 46.5. The van der Waals surface area contributed by atoms with Gasteiger partial charge in [-0.05, 0) is 251 Å². The van der Waals surface area contributed by atoms with Gasteiger partial charge in [-0.15, -0.1) is 11.3 Å². The standard InChI is InChI=1S/C114H78N2O2SSi2/c1-76-39-65-113-107(67-76)118-108-70-78(41-66-114(108)121(113,96-28-9-4-10-29-96)98-62-51-84-71-92(58-48-86(84)74-98)115(89-52-42-80(43-53-89)79-21-5-2-6-22-79)90-54-44-82(45-55-90)100-32-19-24-81-23-11-12-30-99(81)100)68-77-40-63-102-88(69-77)25-20-33-101(102)83-46-56-91(57-47-83)116(94-60-64-104-103-31-13-16-36-109(103)119-110(104)75-94)93-59-49-87-73-97(61-50-85(87)72-93)120(95-26-7-3-8-27-95)111-37-17-14-34-105(111)117-106-35-15-18-38-112(106)120/h2-67,69-75H,68H2,1H3. The topological polar surface area (TPSA) is 24.9 Å². The van der Waals surface area contributed by atoms with E-state index in [1.54, 1.807) is 0 Å². The van der Waals surface area contributed by atoms with Crippen LogP contribution in [0.3, 0.4) is 0 Å². The number of nitrogens with zero attached hydrogens (tertiary/aromatic N) is 2. The van der Waals surface area contributed by atoms with Crippen LogP contribution in [0.5, 0.6) is 23.0 Å². The monoisotopic (exact) mass is 1590 g/mol. The van der Waals surface area contributed by atoms with Crippen molar-refractivity contribution in [2.75, 3.05) is 9.80 Å². The first-order chi connectivity index (χ1) is 59.8. The molecular weight excluding hydrogens is 1520 g/mol. The summed E-state index contributed by atoms with van der Waals surface area (Å²) in [6.45, 7) is 2.17. The van der Waals surface area contributed by atoms with Crippen LogP contribution in [0.4, 0.5) is 34.1 Å². The summed E-state index contributed by atoms with van der Waals surface area (Å²) in [5, 5.41) is 22.5. The van der Waals surface area contributed by atoms with Crippen LogP contribution in [0.2, 0.25) is 0 Å². The van der Waals surface area contributed by atoms with Gasteiger partial charge in [0.1, 0.15) is 23.0 Å². The Hall–Kier alpha value is -14.7. The first kappa shape index (κ1) is 71.6. The van der Waals surface area contributed by atoms with Crippen molar-refractivity contribution in [3.05, 3.63) is 460 Å². The maximum atomic E-state index is 7.27. The molecule has 23 rings (SSSR count). The van der Waals surface area contributed by atoms with Crippen LogP contribution >= 0.6 is 11.3 Å². The molecule has 1 aromatic heterocycles. The van der Waals surface area contributed by atoms with Gasteiger partial charge in [-0.2, -0.15) is 0 Å². The maximum absolute atomic E-state index is 7.27. The molecule has 0 saturated carbocycles. The maximum Gasteiger partial charge on any atom is 0.188 e. The molecule has 2 aliphatic rings. The number of hydrogen-bond acceptors (Lipinski definition) is 5. The molecule has 0 saturated heterocycles. The third kappa shape index (κ3) is 12.2. The van der Waals surface area contributed by atoms with Gasteiger partial charge in [0.15, 0.2) is 16.1 Å². The van der Waals surface area contributed by atoms with Gasteiger partial charge in [0.25, 0.3) is 0 Å². The number of fused-ring (bicyclic) bond motifs is 11. The van der Waals surface area contributed by atoms with Gasteiger partial charge in [-0.25, -0.2) is 0 Å². The minimum absolute atomic E-state index is 0.737. The molecule has 0 bridgehead atoms. The lowest BCUT2D eigenvalue weighted by atomic mass is 9.95. The molecular formula is C114H78N2O2SSi2. The van der Waals surface area contributed by atoms with E-state index in [0.717, 1.165) is 74.7 Å². The minimum Gasteiger partial charge on any atom is -0.458 e. The van der Waals surface area contributed by atoms with Gasteiger partial charge in [-0.3, -0.25) is 0 Å². The minimum atomic E-state index is -3.08. The fraction of sp³-hybridized carbons (Fsp3) is 0.0175. The van der Waals surface area contributed by atoms with Gasteiger partial charge < -0.3 is 19.3 Å². The number of ether oxygens (including phenoxy) is 2. The Labute approximate surface area is 709 Å². The van der Waals surface area contributed by atoms with Crippen molar-refractivity contribution < 1.29 is 9.47 Å². The van der Waals surface area contributed by atoms with E-state index >= 15 is 0 Å². The normalized spacial score (nSPS) is 13.8. The highest BCUT2D eigenvalue weighted by atomic mass is 32.1. The van der Waals surface area contributed by atoms with Gasteiger partial charge in [0, 0.05) is 54.3 Å². The molecule has 1 atom stereocenters. The molecule has 0 aliphatic carbocycles. The van der Waals surface area contributed by atoms with Crippen molar-refractivity contribution in [3.8, 4) is 56.4 Å². The summed E-state index contributed by atoms with van der Waals surface area (Å²) in [7, 11) is -5.93. The highest BCUT2D eigenvalue weighted by Crippen LogP contribution is 2.45. The number of benzene rings is 20. The fourth-order valence-electron chi connectivity index (χ4n) is 19.7. The van der Waals surface area contributed by atoms with Crippen molar-refractivity contribution in [3.63, 3.8) is 0 Å². The summed E-state index contributed by atoms with van der Waals surface area (Å²) in [6.07, 6.45) is 0.737. The number of anilines is 6. The van der Waals surface area contributed by atoms with Crippen LogP contribution in [-0.4, -0.2) is 16.1 Å². The molecule has 0 fully saturated rings. The first-order valence-electron chi connectivity index (χ1n) is 41.7. The molecule has 0 spiro atoms. The van der Waals surface area contributed by atoms with E-state index in [0.29, 0.717) is 0 Å². The van der Waals surface area contributed by atoms with Crippen molar-refractivity contribution >= 4 is 166 Å². The number of hydrogen-bond donors (Lipinski definition) is 0. The predicted octanol–water partition coefficient (Wildman–Crippen LogP) is 25.5. The second kappa shape index (κ2) is 29.4. The van der Waals surface area contributed by atoms with Crippen molar-refractivity contribution in [1.82, 2.24) is 0 Å². The molecule has 0 amide bonds.